The molecule has 0 aliphatic heterocycles. The third kappa shape index (κ3) is 5.02. The molecular formula is C12H11F2NO5. The van der Waals surface area contributed by atoms with Crippen molar-refractivity contribution in [3.8, 4) is 0 Å². The number of amides is 1. The van der Waals surface area contributed by atoms with Gasteiger partial charge < -0.3 is 10.2 Å². The van der Waals surface area contributed by atoms with Crippen LogP contribution in [0, 0.1) is 11.6 Å². The summed E-state index contributed by atoms with van der Waals surface area (Å²) in [5.74, 6) is -5.69. The SMILES string of the molecule is O=C(C=C(O)C(=O)O)NOCCc1ccc(F)c(F)c1. The first kappa shape index (κ1) is 15.6. The fraction of sp³-hybridized carbons (Fsp3) is 0.167. The van der Waals surface area contributed by atoms with Crippen molar-refractivity contribution in [1.82, 2.24) is 5.48 Å². The summed E-state index contributed by atoms with van der Waals surface area (Å²) in [5, 5.41) is 17.1. The fourth-order valence-corrected chi connectivity index (χ4v) is 1.20. The number of hydrogen-bond donors (Lipinski definition) is 3. The summed E-state index contributed by atoms with van der Waals surface area (Å²) < 4.78 is 25.5. The van der Waals surface area contributed by atoms with E-state index in [1.54, 1.807) is 0 Å². The maximum absolute atomic E-state index is 12.9. The number of carboxylic acid groups (broad SMARTS) is 1. The van der Waals surface area contributed by atoms with Crippen LogP contribution in [-0.2, 0) is 20.8 Å². The highest BCUT2D eigenvalue weighted by atomic mass is 19.2. The average molecular weight is 287 g/mol. The van der Waals surface area contributed by atoms with Crippen molar-refractivity contribution in [3.63, 3.8) is 0 Å². The fourth-order valence-electron chi connectivity index (χ4n) is 1.20. The molecule has 8 heteroatoms. The number of halogens is 2. The highest BCUT2D eigenvalue weighted by Crippen LogP contribution is 2.08. The van der Waals surface area contributed by atoms with Crippen LogP contribution in [0.2, 0.25) is 0 Å². The van der Waals surface area contributed by atoms with Crippen LogP contribution < -0.4 is 5.48 Å². The topological polar surface area (TPSA) is 95.9 Å². The van der Waals surface area contributed by atoms with E-state index in [1.165, 1.54) is 6.07 Å². The van der Waals surface area contributed by atoms with Crippen molar-refractivity contribution in [2.75, 3.05) is 6.61 Å². The largest absolute Gasteiger partial charge is 0.502 e. The van der Waals surface area contributed by atoms with Crippen LogP contribution in [0.15, 0.2) is 30.0 Å². The van der Waals surface area contributed by atoms with Crippen molar-refractivity contribution < 1.29 is 33.4 Å². The molecule has 20 heavy (non-hydrogen) atoms. The normalized spacial score (nSPS) is 11.2. The van der Waals surface area contributed by atoms with Gasteiger partial charge >= 0.3 is 5.97 Å². The van der Waals surface area contributed by atoms with E-state index in [0.29, 0.717) is 11.6 Å². The van der Waals surface area contributed by atoms with Crippen molar-refractivity contribution >= 4 is 11.9 Å². The lowest BCUT2D eigenvalue weighted by Crippen LogP contribution is -2.23. The summed E-state index contributed by atoms with van der Waals surface area (Å²) >= 11 is 0. The van der Waals surface area contributed by atoms with Crippen LogP contribution >= 0.6 is 0 Å². The van der Waals surface area contributed by atoms with Crippen LogP contribution in [0.5, 0.6) is 0 Å². The van der Waals surface area contributed by atoms with Crippen molar-refractivity contribution in [1.29, 1.82) is 0 Å². The molecule has 0 aliphatic rings. The van der Waals surface area contributed by atoms with E-state index in [0.717, 1.165) is 12.1 Å². The van der Waals surface area contributed by atoms with Gasteiger partial charge in [0.1, 0.15) is 0 Å². The predicted octanol–water partition coefficient (Wildman–Crippen LogP) is 1.08. The first-order chi connectivity index (χ1) is 9.40. The molecule has 0 unspecified atom stereocenters. The molecule has 0 saturated carbocycles. The Morgan fingerprint density at radius 2 is 1.95 bits per heavy atom. The molecule has 0 aromatic heterocycles. The third-order valence-electron chi connectivity index (χ3n) is 2.14. The molecule has 0 aliphatic carbocycles. The van der Waals surface area contributed by atoms with Gasteiger partial charge in [-0.05, 0) is 24.1 Å². The smallest absolute Gasteiger partial charge is 0.371 e. The van der Waals surface area contributed by atoms with Crippen LogP contribution in [0.3, 0.4) is 0 Å². The Balaban J connectivity index is 2.35. The molecule has 1 aromatic carbocycles. The van der Waals surface area contributed by atoms with Gasteiger partial charge in [-0.1, -0.05) is 6.07 Å². The second kappa shape index (κ2) is 7.19. The Hall–Kier alpha value is -2.48. The number of rotatable bonds is 6. The highest BCUT2D eigenvalue weighted by Gasteiger charge is 2.07. The van der Waals surface area contributed by atoms with E-state index < -0.39 is 29.3 Å². The minimum Gasteiger partial charge on any atom is -0.502 e. The van der Waals surface area contributed by atoms with E-state index in [2.05, 4.69) is 4.84 Å². The molecule has 0 heterocycles. The summed E-state index contributed by atoms with van der Waals surface area (Å²) in [5.41, 5.74) is 2.32. The molecule has 1 rings (SSSR count). The first-order valence-electron chi connectivity index (χ1n) is 5.40. The van der Waals surface area contributed by atoms with Crippen molar-refractivity contribution in [2.24, 2.45) is 0 Å². The number of nitrogens with one attached hydrogen (secondary N) is 1. The van der Waals surface area contributed by atoms with E-state index in [1.807, 2.05) is 5.48 Å². The Labute approximate surface area is 112 Å². The van der Waals surface area contributed by atoms with Crippen LogP contribution in [0.25, 0.3) is 0 Å². The van der Waals surface area contributed by atoms with Crippen LogP contribution in [-0.4, -0.2) is 28.7 Å². The van der Waals surface area contributed by atoms with E-state index in [9.17, 15) is 18.4 Å². The summed E-state index contributed by atoms with van der Waals surface area (Å²) in [6.07, 6.45) is 0.631. The number of hydrogen-bond acceptors (Lipinski definition) is 4. The second-order valence-electron chi connectivity index (χ2n) is 3.65. The Morgan fingerprint density at radius 1 is 1.25 bits per heavy atom. The van der Waals surface area contributed by atoms with Crippen LogP contribution in [0.4, 0.5) is 8.78 Å². The number of benzene rings is 1. The lowest BCUT2D eigenvalue weighted by molar-refractivity contribution is -0.136. The maximum atomic E-state index is 12.9. The van der Waals surface area contributed by atoms with Gasteiger partial charge in [0.15, 0.2) is 11.6 Å². The van der Waals surface area contributed by atoms with E-state index >= 15 is 0 Å². The molecule has 3 N–H and O–H groups in total. The Kier molecular flexibility index (Phi) is 5.60. The standard InChI is InChI=1S/C12H11F2NO5/c13-8-2-1-7(5-9(8)14)3-4-20-15-11(17)6-10(16)12(18)19/h1-2,5-6,16H,3-4H2,(H,15,17)(H,18,19). The van der Waals surface area contributed by atoms with Gasteiger partial charge in [0.2, 0.25) is 5.76 Å². The van der Waals surface area contributed by atoms with Gasteiger partial charge in [-0.15, -0.1) is 0 Å². The lowest BCUT2D eigenvalue weighted by Gasteiger charge is -2.04. The zero-order chi connectivity index (χ0) is 15.1. The summed E-state index contributed by atoms with van der Waals surface area (Å²) in [7, 11) is 0. The minimum atomic E-state index is -1.65. The minimum absolute atomic E-state index is 0.0432. The maximum Gasteiger partial charge on any atom is 0.371 e. The molecular weight excluding hydrogens is 276 g/mol. The van der Waals surface area contributed by atoms with Gasteiger partial charge in [-0.2, -0.15) is 0 Å². The Bertz CT molecular complexity index is 545. The zero-order valence-electron chi connectivity index (χ0n) is 10.1. The molecule has 0 bridgehead atoms. The van der Waals surface area contributed by atoms with Gasteiger partial charge in [0.05, 0.1) is 12.7 Å². The van der Waals surface area contributed by atoms with Crippen LogP contribution in [0.1, 0.15) is 5.56 Å². The number of aliphatic hydroxyl groups excluding tert-OH is 1. The molecule has 0 radical (unpaired) electrons. The molecule has 0 atom stereocenters. The number of carbonyl (C=O) groups is 2. The van der Waals surface area contributed by atoms with E-state index in [4.69, 9.17) is 10.2 Å². The molecule has 1 aromatic rings. The van der Waals surface area contributed by atoms with Crippen molar-refractivity contribution in [2.45, 2.75) is 6.42 Å². The van der Waals surface area contributed by atoms with Gasteiger partial charge in [-0.3, -0.25) is 9.63 Å². The van der Waals surface area contributed by atoms with Gasteiger partial charge in [0.25, 0.3) is 5.91 Å². The predicted molar refractivity (Wildman–Crippen MR) is 62.5 cm³/mol. The number of aliphatic carboxylic acids is 1. The number of aliphatic hydroxyl groups is 1. The summed E-state index contributed by atoms with van der Waals surface area (Å²) in [6, 6.07) is 3.33. The molecule has 108 valence electrons. The molecule has 1 amide bonds. The lowest BCUT2D eigenvalue weighted by atomic mass is 10.1. The second-order valence-corrected chi connectivity index (χ2v) is 3.65. The highest BCUT2D eigenvalue weighted by molar-refractivity contribution is 5.95. The first-order valence-corrected chi connectivity index (χ1v) is 5.40. The average Bonchev–Trinajstić information content (AvgIpc) is 2.38. The summed E-state index contributed by atoms with van der Waals surface area (Å²) in [4.78, 5) is 25.9. The quantitative estimate of drug-likeness (QED) is 0.315. The Morgan fingerprint density at radius 3 is 2.55 bits per heavy atom. The summed E-state index contributed by atoms with van der Waals surface area (Å²) in [6.45, 7) is -0.0432. The zero-order valence-corrected chi connectivity index (χ0v) is 10.1. The molecule has 0 fully saturated rings. The number of hydroxylamine groups is 1. The van der Waals surface area contributed by atoms with Gasteiger partial charge in [-0.25, -0.2) is 19.1 Å². The van der Waals surface area contributed by atoms with E-state index in [-0.39, 0.29) is 13.0 Å². The third-order valence-corrected chi connectivity index (χ3v) is 2.14. The monoisotopic (exact) mass is 287 g/mol. The van der Waals surface area contributed by atoms with Gasteiger partial charge in [0, 0.05) is 0 Å². The molecule has 0 spiro atoms. The number of carboxylic acids is 1. The number of carbonyl (C=O) groups excluding carboxylic acids is 1. The molecule has 6 nitrogen and oxygen atoms in total. The molecule has 0 saturated heterocycles. The van der Waals surface area contributed by atoms with Crippen molar-refractivity contribution in [3.05, 3.63) is 47.2 Å².